The fraction of sp³-hybridized carbons (Fsp3) is 0.353. The molecule has 1 atom stereocenters. The first kappa shape index (κ1) is 15.5. The van der Waals surface area contributed by atoms with Gasteiger partial charge in [0.2, 0.25) is 0 Å². The lowest BCUT2D eigenvalue weighted by Gasteiger charge is -2.18. The van der Waals surface area contributed by atoms with E-state index in [4.69, 9.17) is 0 Å². The van der Waals surface area contributed by atoms with E-state index >= 15 is 0 Å². The molecule has 25 heavy (non-hydrogen) atoms. The highest BCUT2D eigenvalue weighted by atomic mass is 16.1. The molecule has 8 nitrogen and oxygen atoms in total. The molecule has 1 amide bonds. The molecule has 1 aliphatic heterocycles. The smallest absolute Gasteiger partial charge is 0.256 e. The summed E-state index contributed by atoms with van der Waals surface area (Å²) in [7, 11) is 1.61. The van der Waals surface area contributed by atoms with E-state index in [1.165, 1.54) is 0 Å². The normalized spacial score (nSPS) is 17.2. The summed E-state index contributed by atoms with van der Waals surface area (Å²) in [4.78, 5) is 27.1. The summed E-state index contributed by atoms with van der Waals surface area (Å²) in [5.41, 5.74) is 3.11. The second-order valence-corrected chi connectivity index (χ2v) is 6.19. The quantitative estimate of drug-likeness (QED) is 0.772. The van der Waals surface area contributed by atoms with Crippen LogP contribution in [0.1, 0.15) is 34.1 Å². The number of anilines is 1. The van der Waals surface area contributed by atoms with Crippen LogP contribution >= 0.6 is 0 Å². The van der Waals surface area contributed by atoms with Gasteiger partial charge < -0.3 is 10.2 Å². The predicted octanol–water partition coefficient (Wildman–Crippen LogP) is 1.18. The molecule has 4 rings (SSSR count). The highest BCUT2D eigenvalue weighted by Crippen LogP contribution is 2.30. The molecule has 0 aliphatic carbocycles. The van der Waals surface area contributed by atoms with Gasteiger partial charge in [-0.05, 0) is 19.4 Å². The Morgan fingerprint density at radius 2 is 2.20 bits per heavy atom. The number of nitrogens with zero attached hydrogens (tertiary/aromatic N) is 6. The first-order valence-electron chi connectivity index (χ1n) is 8.25. The van der Waals surface area contributed by atoms with Crippen LogP contribution in [-0.4, -0.2) is 50.6 Å². The van der Waals surface area contributed by atoms with Crippen LogP contribution in [0.2, 0.25) is 0 Å². The van der Waals surface area contributed by atoms with Gasteiger partial charge in [-0.1, -0.05) is 0 Å². The molecule has 8 heteroatoms. The Balaban J connectivity index is 1.65. The van der Waals surface area contributed by atoms with Crippen molar-refractivity contribution in [3.05, 3.63) is 47.8 Å². The van der Waals surface area contributed by atoms with Gasteiger partial charge in [0.15, 0.2) is 5.65 Å². The van der Waals surface area contributed by atoms with Crippen LogP contribution in [0.4, 0.5) is 5.82 Å². The van der Waals surface area contributed by atoms with Gasteiger partial charge in [-0.15, -0.1) is 0 Å². The molecule has 1 fully saturated rings. The number of carbonyl (C=O) groups is 1. The Morgan fingerprint density at radius 3 is 3.00 bits per heavy atom. The molecular weight excluding hydrogens is 318 g/mol. The lowest BCUT2D eigenvalue weighted by Crippen LogP contribution is -2.21. The maximum Gasteiger partial charge on any atom is 0.256 e. The Bertz CT molecular complexity index is 936. The minimum absolute atomic E-state index is 0.177. The number of amides is 1. The molecule has 3 aromatic heterocycles. The van der Waals surface area contributed by atoms with E-state index in [1.54, 1.807) is 30.3 Å². The highest BCUT2D eigenvalue weighted by Gasteiger charge is 2.28. The molecule has 0 aromatic carbocycles. The van der Waals surface area contributed by atoms with Crippen molar-refractivity contribution in [2.45, 2.75) is 19.3 Å². The van der Waals surface area contributed by atoms with Crippen molar-refractivity contribution < 1.29 is 4.79 Å². The number of hydrogen-bond acceptors (Lipinski definition) is 6. The summed E-state index contributed by atoms with van der Waals surface area (Å²) in [6, 6.07) is 3.98. The maximum absolute atomic E-state index is 12.0. The molecule has 1 N–H and O–H groups in total. The standard InChI is InChI=1S/C17H19N7O/c1-11-7-15(21-10-20-11)23-6-4-12(9-23)14-3-5-19-16-13(17(25)18-2)8-22-24(14)16/h3,5,7-8,10,12H,4,6,9H2,1-2H3,(H,18,25)/t12-/m0/s1. The van der Waals surface area contributed by atoms with Crippen molar-refractivity contribution in [1.82, 2.24) is 29.9 Å². The molecular formula is C17H19N7O. The van der Waals surface area contributed by atoms with E-state index in [0.29, 0.717) is 17.1 Å². The van der Waals surface area contributed by atoms with Crippen molar-refractivity contribution in [3.8, 4) is 0 Å². The van der Waals surface area contributed by atoms with E-state index in [-0.39, 0.29) is 5.91 Å². The highest BCUT2D eigenvalue weighted by molar-refractivity contribution is 5.99. The summed E-state index contributed by atoms with van der Waals surface area (Å²) in [6.07, 6.45) is 5.92. The lowest BCUT2D eigenvalue weighted by atomic mass is 10.0. The Hall–Kier alpha value is -3.03. The van der Waals surface area contributed by atoms with Crippen molar-refractivity contribution >= 4 is 17.4 Å². The summed E-state index contributed by atoms with van der Waals surface area (Å²) in [6.45, 7) is 3.74. The first-order valence-corrected chi connectivity index (χ1v) is 8.25. The minimum atomic E-state index is -0.177. The number of carbonyl (C=O) groups excluding carboxylic acids is 1. The largest absolute Gasteiger partial charge is 0.356 e. The molecule has 0 bridgehead atoms. The summed E-state index contributed by atoms with van der Waals surface area (Å²) < 4.78 is 1.78. The molecule has 0 radical (unpaired) electrons. The molecule has 128 valence electrons. The molecule has 0 saturated carbocycles. The van der Waals surface area contributed by atoms with Crippen molar-refractivity contribution in [2.24, 2.45) is 0 Å². The van der Waals surface area contributed by atoms with Gasteiger partial charge in [0.25, 0.3) is 5.91 Å². The Morgan fingerprint density at radius 1 is 1.32 bits per heavy atom. The minimum Gasteiger partial charge on any atom is -0.356 e. The predicted molar refractivity (Wildman–Crippen MR) is 92.7 cm³/mol. The van der Waals surface area contributed by atoms with Crippen molar-refractivity contribution in [2.75, 3.05) is 25.0 Å². The van der Waals surface area contributed by atoms with Crippen LogP contribution in [0.25, 0.3) is 5.65 Å². The second-order valence-electron chi connectivity index (χ2n) is 6.19. The fourth-order valence-corrected chi connectivity index (χ4v) is 3.34. The van der Waals surface area contributed by atoms with Gasteiger partial charge in [0.05, 0.1) is 11.9 Å². The zero-order valence-corrected chi connectivity index (χ0v) is 14.2. The van der Waals surface area contributed by atoms with Crippen LogP contribution in [0.5, 0.6) is 0 Å². The number of hydrogen-bond donors (Lipinski definition) is 1. The van der Waals surface area contributed by atoms with E-state index in [9.17, 15) is 4.79 Å². The monoisotopic (exact) mass is 337 g/mol. The van der Waals surface area contributed by atoms with Crippen LogP contribution < -0.4 is 10.2 Å². The molecule has 0 unspecified atom stereocenters. The SMILES string of the molecule is CNC(=O)c1cnn2c([C@H]3CCN(c4cc(C)ncn4)C3)ccnc12. The molecule has 1 aliphatic rings. The Labute approximate surface area is 144 Å². The first-order chi connectivity index (χ1) is 12.2. The average molecular weight is 337 g/mol. The maximum atomic E-state index is 12.0. The number of rotatable bonds is 3. The van der Waals surface area contributed by atoms with Gasteiger partial charge in [0, 0.05) is 44.0 Å². The number of fused-ring (bicyclic) bond motifs is 1. The zero-order chi connectivity index (χ0) is 17.4. The number of aryl methyl sites for hydroxylation is 1. The second kappa shape index (κ2) is 6.12. The topological polar surface area (TPSA) is 88.3 Å². The van der Waals surface area contributed by atoms with E-state index in [2.05, 4.69) is 30.3 Å². The van der Waals surface area contributed by atoms with Crippen LogP contribution in [-0.2, 0) is 0 Å². The average Bonchev–Trinajstić information content (AvgIpc) is 3.28. The van der Waals surface area contributed by atoms with Crippen LogP contribution in [0.15, 0.2) is 30.9 Å². The summed E-state index contributed by atoms with van der Waals surface area (Å²) >= 11 is 0. The number of nitrogens with one attached hydrogen (secondary N) is 1. The summed E-state index contributed by atoms with van der Waals surface area (Å²) in [5, 5.41) is 7.02. The molecule has 0 spiro atoms. The third-order valence-corrected chi connectivity index (χ3v) is 4.62. The lowest BCUT2D eigenvalue weighted by molar-refractivity contribution is 0.0964. The van der Waals surface area contributed by atoms with E-state index < -0.39 is 0 Å². The van der Waals surface area contributed by atoms with Crippen molar-refractivity contribution in [1.29, 1.82) is 0 Å². The fourth-order valence-electron chi connectivity index (χ4n) is 3.34. The van der Waals surface area contributed by atoms with Gasteiger partial charge in [-0.25, -0.2) is 19.5 Å². The zero-order valence-electron chi connectivity index (χ0n) is 14.2. The number of aromatic nitrogens is 5. The molecule has 4 heterocycles. The van der Waals surface area contributed by atoms with Gasteiger partial charge in [-0.3, -0.25) is 4.79 Å². The summed E-state index contributed by atoms with van der Waals surface area (Å²) in [5.74, 6) is 1.08. The molecule has 3 aromatic rings. The third-order valence-electron chi connectivity index (χ3n) is 4.62. The van der Waals surface area contributed by atoms with Crippen molar-refractivity contribution in [3.63, 3.8) is 0 Å². The van der Waals surface area contributed by atoms with Gasteiger partial charge >= 0.3 is 0 Å². The van der Waals surface area contributed by atoms with Gasteiger partial charge in [-0.2, -0.15) is 5.10 Å². The van der Waals surface area contributed by atoms with Crippen LogP contribution in [0, 0.1) is 6.92 Å². The Kier molecular flexibility index (Phi) is 3.79. The van der Waals surface area contributed by atoms with Gasteiger partial charge in [0.1, 0.15) is 17.7 Å². The van der Waals surface area contributed by atoms with E-state index in [0.717, 1.165) is 36.7 Å². The third kappa shape index (κ3) is 2.69. The van der Waals surface area contributed by atoms with Crippen LogP contribution in [0.3, 0.4) is 0 Å². The van der Waals surface area contributed by atoms with E-state index in [1.807, 2.05) is 19.1 Å². The molecule has 1 saturated heterocycles.